The molecule has 2 heteroatoms. The number of rotatable bonds is 0. The zero-order valence-electron chi connectivity index (χ0n) is 8.66. The maximum absolute atomic E-state index is 11.9. The zero-order valence-corrected chi connectivity index (χ0v) is 8.66. The number of para-hydroxylation sites is 1. The first-order valence-electron chi connectivity index (χ1n) is 4.68. The van der Waals surface area contributed by atoms with E-state index in [0.717, 1.165) is 22.4 Å². The fraction of sp³-hybridized carbons (Fsp3) is 0.250. The molecule has 0 unspecified atom stereocenters. The van der Waals surface area contributed by atoms with Crippen LogP contribution in [0.15, 0.2) is 29.8 Å². The van der Waals surface area contributed by atoms with Crippen LogP contribution in [0.5, 0.6) is 0 Å². The number of hydrogen-bond donors (Lipinski definition) is 0. The number of fused-ring (bicyclic) bond motifs is 1. The van der Waals surface area contributed by atoms with Gasteiger partial charge in [0.25, 0.3) is 5.91 Å². The molecule has 0 radical (unpaired) electrons. The second kappa shape index (κ2) is 2.98. The fourth-order valence-electron chi connectivity index (χ4n) is 1.85. The van der Waals surface area contributed by atoms with Crippen molar-refractivity contribution in [1.29, 1.82) is 0 Å². The number of likely N-dealkylation sites (N-methyl/N-ethyl adjacent to an activating group) is 1. The third-order valence-corrected chi connectivity index (χ3v) is 2.55. The summed E-state index contributed by atoms with van der Waals surface area (Å²) >= 11 is 0. The van der Waals surface area contributed by atoms with Crippen LogP contribution >= 0.6 is 0 Å². The maximum Gasteiger partial charge on any atom is 0.258 e. The monoisotopic (exact) mass is 187 g/mol. The van der Waals surface area contributed by atoms with Crippen LogP contribution in [0.3, 0.4) is 0 Å². The van der Waals surface area contributed by atoms with Gasteiger partial charge in [0.1, 0.15) is 0 Å². The van der Waals surface area contributed by atoms with Gasteiger partial charge in [0, 0.05) is 18.2 Å². The molecular formula is C12H13NO. The quantitative estimate of drug-likeness (QED) is 0.571. The molecule has 0 spiro atoms. The maximum atomic E-state index is 11.9. The van der Waals surface area contributed by atoms with Crippen LogP contribution in [-0.4, -0.2) is 13.0 Å². The summed E-state index contributed by atoms with van der Waals surface area (Å²) < 4.78 is 0. The molecule has 1 aliphatic rings. The Kier molecular flexibility index (Phi) is 1.92. The predicted octanol–water partition coefficient (Wildman–Crippen LogP) is 2.46. The Hall–Kier alpha value is -1.57. The van der Waals surface area contributed by atoms with Crippen molar-refractivity contribution < 1.29 is 4.79 Å². The second-order valence-corrected chi connectivity index (χ2v) is 3.76. The van der Waals surface area contributed by atoms with Crippen molar-refractivity contribution in [3.63, 3.8) is 0 Å². The molecule has 2 rings (SSSR count). The highest BCUT2D eigenvalue weighted by Gasteiger charge is 2.29. The van der Waals surface area contributed by atoms with Crippen molar-refractivity contribution in [2.45, 2.75) is 13.8 Å². The van der Waals surface area contributed by atoms with Crippen LogP contribution in [-0.2, 0) is 4.79 Å². The van der Waals surface area contributed by atoms with Gasteiger partial charge in [-0.25, -0.2) is 0 Å². The molecule has 0 saturated heterocycles. The van der Waals surface area contributed by atoms with E-state index < -0.39 is 0 Å². The SMILES string of the molecule is CC(C)=C1C(=O)N(C)c2ccccc21. The first kappa shape index (κ1) is 9.00. The Bertz CT molecular complexity index is 428. The lowest BCUT2D eigenvalue weighted by Crippen LogP contribution is -2.20. The van der Waals surface area contributed by atoms with Crippen molar-refractivity contribution in [3.8, 4) is 0 Å². The topological polar surface area (TPSA) is 20.3 Å². The van der Waals surface area contributed by atoms with E-state index in [0.29, 0.717) is 0 Å². The number of carbonyl (C=O) groups is 1. The Morgan fingerprint density at radius 1 is 1.21 bits per heavy atom. The standard InChI is InChI=1S/C12H13NO/c1-8(2)11-9-6-4-5-7-10(9)13(3)12(11)14/h4-7H,1-3H3. The van der Waals surface area contributed by atoms with Crippen LogP contribution in [0.25, 0.3) is 5.57 Å². The molecule has 0 bridgehead atoms. The molecule has 72 valence electrons. The van der Waals surface area contributed by atoms with Crippen LogP contribution in [0, 0.1) is 0 Å². The highest BCUT2D eigenvalue weighted by Crippen LogP contribution is 2.36. The van der Waals surface area contributed by atoms with Gasteiger partial charge in [0.15, 0.2) is 0 Å². The summed E-state index contributed by atoms with van der Waals surface area (Å²) in [7, 11) is 1.82. The lowest BCUT2D eigenvalue weighted by Gasteiger charge is -2.08. The molecule has 1 aromatic rings. The molecule has 0 fully saturated rings. The molecule has 1 aromatic carbocycles. The minimum Gasteiger partial charge on any atom is -0.311 e. The summed E-state index contributed by atoms with van der Waals surface area (Å²) in [6.07, 6.45) is 0. The molecule has 0 atom stereocenters. The molecule has 0 aromatic heterocycles. The first-order chi connectivity index (χ1) is 6.63. The van der Waals surface area contributed by atoms with Gasteiger partial charge in [-0.1, -0.05) is 23.8 Å². The van der Waals surface area contributed by atoms with Gasteiger partial charge in [0.05, 0.1) is 5.69 Å². The van der Waals surface area contributed by atoms with E-state index in [2.05, 4.69) is 0 Å². The molecule has 1 amide bonds. The molecule has 14 heavy (non-hydrogen) atoms. The third kappa shape index (κ3) is 1.07. The number of amides is 1. The van der Waals surface area contributed by atoms with Crippen molar-refractivity contribution in [2.75, 3.05) is 11.9 Å². The minimum atomic E-state index is 0.103. The lowest BCUT2D eigenvalue weighted by atomic mass is 10.0. The van der Waals surface area contributed by atoms with Gasteiger partial charge >= 0.3 is 0 Å². The second-order valence-electron chi connectivity index (χ2n) is 3.76. The first-order valence-corrected chi connectivity index (χ1v) is 4.68. The van der Waals surface area contributed by atoms with Gasteiger partial charge in [-0.3, -0.25) is 4.79 Å². The number of allylic oxidation sites excluding steroid dienone is 1. The van der Waals surface area contributed by atoms with Gasteiger partial charge in [-0.15, -0.1) is 0 Å². The van der Waals surface area contributed by atoms with Gasteiger partial charge in [0.2, 0.25) is 0 Å². The molecule has 2 nitrogen and oxygen atoms in total. The molecule has 1 aliphatic heterocycles. The summed E-state index contributed by atoms with van der Waals surface area (Å²) in [6.45, 7) is 3.95. The average Bonchev–Trinajstić information content (AvgIpc) is 2.41. The van der Waals surface area contributed by atoms with Gasteiger partial charge in [-0.05, 0) is 19.9 Å². The molecule has 0 aliphatic carbocycles. The molecular weight excluding hydrogens is 174 g/mol. The van der Waals surface area contributed by atoms with E-state index in [9.17, 15) is 4.79 Å². The number of benzene rings is 1. The van der Waals surface area contributed by atoms with Crippen molar-refractivity contribution >= 4 is 17.2 Å². The summed E-state index contributed by atoms with van der Waals surface area (Å²) in [5.74, 6) is 0.103. The van der Waals surface area contributed by atoms with E-state index in [1.165, 1.54) is 0 Å². The molecule has 0 N–H and O–H groups in total. The Labute approximate surface area is 83.8 Å². The fourth-order valence-corrected chi connectivity index (χ4v) is 1.85. The van der Waals surface area contributed by atoms with E-state index in [1.807, 2.05) is 45.2 Å². The molecule has 0 saturated carbocycles. The van der Waals surface area contributed by atoms with Crippen LogP contribution in [0.1, 0.15) is 19.4 Å². The van der Waals surface area contributed by atoms with E-state index >= 15 is 0 Å². The summed E-state index contributed by atoms with van der Waals surface area (Å²) in [5, 5.41) is 0. The number of hydrogen-bond acceptors (Lipinski definition) is 1. The van der Waals surface area contributed by atoms with Crippen molar-refractivity contribution in [1.82, 2.24) is 0 Å². The predicted molar refractivity (Wildman–Crippen MR) is 58.1 cm³/mol. The molecule has 1 heterocycles. The summed E-state index contributed by atoms with van der Waals surface area (Å²) in [4.78, 5) is 13.6. The Morgan fingerprint density at radius 3 is 2.50 bits per heavy atom. The number of nitrogens with zero attached hydrogens (tertiary/aromatic N) is 1. The Morgan fingerprint density at radius 2 is 1.86 bits per heavy atom. The van der Waals surface area contributed by atoms with E-state index in [4.69, 9.17) is 0 Å². The van der Waals surface area contributed by atoms with Crippen LogP contribution in [0.2, 0.25) is 0 Å². The van der Waals surface area contributed by atoms with Gasteiger partial charge in [-0.2, -0.15) is 0 Å². The largest absolute Gasteiger partial charge is 0.311 e. The highest BCUT2D eigenvalue weighted by molar-refractivity contribution is 6.32. The zero-order chi connectivity index (χ0) is 10.3. The third-order valence-electron chi connectivity index (χ3n) is 2.55. The minimum absolute atomic E-state index is 0.103. The smallest absolute Gasteiger partial charge is 0.258 e. The van der Waals surface area contributed by atoms with E-state index in [-0.39, 0.29) is 5.91 Å². The summed E-state index contributed by atoms with van der Waals surface area (Å²) in [6, 6.07) is 7.90. The van der Waals surface area contributed by atoms with Gasteiger partial charge < -0.3 is 4.90 Å². The highest BCUT2D eigenvalue weighted by atomic mass is 16.2. The van der Waals surface area contributed by atoms with Crippen LogP contribution in [0.4, 0.5) is 5.69 Å². The number of carbonyl (C=O) groups excluding carboxylic acids is 1. The number of anilines is 1. The average molecular weight is 187 g/mol. The van der Waals surface area contributed by atoms with Crippen LogP contribution < -0.4 is 4.90 Å². The lowest BCUT2D eigenvalue weighted by molar-refractivity contribution is -0.112. The Balaban J connectivity index is 2.72. The van der Waals surface area contributed by atoms with Crippen molar-refractivity contribution in [2.24, 2.45) is 0 Å². The van der Waals surface area contributed by atoms with Crippen molar-refractivity contribution in [3.05, 3.63) is 35.4 Å². The van der Waals surface area contributed by atoms with E-state index in [1.54, 1.807) is 4.90 Å². The normalized spacial score (nSPS) is 14.6. The summed E-state index contributed by atoms with van der Waals surface area (Å²) in [5.41, 5.74) is 3.99.